The highest BCUT2D eigenvalue weighted by atomic mass is 16.3. The topological polar surface area (TPSA) is 53.8 Å². The lowest BCUT2D eigenvalue weighted by atomic mass is 9.94. The van der Waals surface area contributed by atoms with Gasteiger partial charge in [0.15, 0.2) is 0 Å². The Hall–Kier alpha value is -2.56. The molecular weight excluding hydrogens is 328 g/mol. The average molecular weight is 352 g/mol. The monoisotopic (exact) mass is 352 g/mol. The first-order valence-corrected chi connectivity index (χ1v) is 9.44. The Morgan fingerprint density at radius 2 is 1.58 bits per heavy atom. The van der Waals surface area contributed by atoms with Crippen molar-refractivity contribution in [2.45, 2.75) is 25.7 Å². The summed E-state index contributed by atoms with van der Waals surface area (Å²) >= 11 is 0. The smallest absolute Gasteiger partial charge is 0.253 e. The predicted molar refractivity (Wildman–Crippen MR) is 98.6 cm³/mol. The van der Waals surface area contributed by atoms with E-state index in [0.29, 0.717) is 18.7 Å². The number of hydrogen-bond donors (Lipinski definition) is 0. The summed E-state index contributed by atoms with van der Waals surface area (Å²) < 4.78 is 5.38. The van der Waals surface area contributed by atoms with E-state index < -0.39 is 0 Å². The fraction of sp³-hybridized carbons (Fsp3) is 0.429. The largest absolute Gasteiger partial charge is 0.464 e. The molecule has 2 aromatic rings. The molecule has 0 aliphatic carbocycles. The Morgan fingerprint density at radius 1 is 0.885 bits per heavy atom. The van der Waals surface area contributed by atoms with Gasteiger partial charge in [0.05, 0.1) is 6.26 Å². The van der Waals surface area contributed by atoms with Crippen molar-refractivity contribution in [1.29, 1.82) is 0 Å². The number of nitrogens with zero attached hydrogens (tertiary/aromatic N) is 2. The highest BCUT2D eigenvalue weighted by Crippen LogP contribution is 2.24. The predicted octanol–water partition coefficient (Wildman–Crippen LogP) is 3.42. The van der Waals surface area contributed by atoms with Crippen LogP contribution in [0.5, 0.6) is 0 Å². The molecule has 2 saturated heterocycles. The van der Waals surface area contributed by atoms with E-state index in [1.807, 2.05) is 46.2 Å². The summed E-state index contributed by atoms with van der Waals surface area (Å²) in [4.78, 5) is 29.1. The molecule has 1 aromatic heterocycles. The molecule has 0 radical (unpaired) electrons. The maximum atomic E-state index is 12.7. The molecule has 2 fully saturated rings. The number of amides is 2. The van der Waals surface area contributed by atoms with E-state index in [9.17, 15) is 9.59 Å². The van der Waals surface area contributed by atoms with Crippen molar-refractivity contribution in [3.8, 4) is 11.3 Å². The first kappa shape index (κ1) is 16.9. The zero-order valence-corrected chi connectivity index (χ0v) is 14.9. The zero-order chi connectivity index (χ0) is 17.9. The van der Waals surface area contributed by atoms with Gasteiger partial charge >= 0.3 is 0 Å². The lowest BCUT2D eigenvalue weighted by Crippen LogP contribution is -2.43. The summed E-state index contributed by atoms with van der Waals surface area (Å²) in [6.45, 7) is 3.12. The number of rotatable bonds is 3. The van der Waals surface area contributed by atoms with Gasteiger partial charge in [0, 0.05) is 43.2 Å². The second kappa shape index (κ2) is 7.36. The fourth-order valence-electron chi connectivity index (χ4n) is 3.93. The molecule has 0 unspecified atom stereocenters. The normalized spacial score (nSPS) is 18.3. The van der Waals surface area contributed by atoms with Crippen molar-refractivity contribution in [2.24, 2.45) is 5.92 Å². The molecule has 26 heavy (non-hydrogen) atoms. The van der Waals surface area contributed by atoms with Gasteiger partial charge in [0.25, 0.3) is 5.91 Å². The third-order valence-corrected chi connectivity index (χ3v) is 5.49. The van der Waals surface area contributed by atoms with Crippen molar-refractivity contribution >= 4 is 11.8 Å². The third kappa shape index (κ3) is 3.39. The summed E-state index contributed by atoms with van der Waals surface area (Å²) in [6.07, 6.45) is 5.42. The van der Waals surface area contributed by atoms with Gasteiger partial charge in [-0.1, -0.05) is 12.1 Å². The van der Waals surface area contributed by atoms with Crippen LogP contribution in [0.3, 0.4) is 0 Å². The number of hydrogen-bond acceptors (Lipinski definition) is 3. The van der Waals surface area contributed by atoms with Gasteiger partial charge in [-0.05, 0) is 49.9 Å². The summed E-state index contributed by atoms with van der Waals surface area (Å²) in [5.41, 5.74) is 1.64. The van der Waals surface area contributed by atoms with Crippen LogP contribution in [-0.2, 0) is 4.79 Å². The highest BCUT2D eigenvalue weighted by Gasteiger charge is 2.31. The van der Waals surface area contributed by atoms with Crippen molar-refractivity contribution in [3.63, 3.8) is 0 Å². The molecule has 3 heterocycles. The number of carbonyl (C=O) groups excluding carboxylic acids is 2. The number of carbonyl (C=O) groups is 2. The number of likely N-dealkylation sites (tertiary alicyclic amines) is 2. The van der Waals surface area contributed by atoms with Gasteiger partial charge in [-0.3, -0.25) is 9.59 Å². The molecule has 136 valence electrons. The minimum absolute atomic E-state index is 0.0445. The maximum Gasteiger partial charge on any atom is 0.253 e. The second-order valence-electron chi connectivity index (χ2n) is 7.15. The quantitative estimate of drug-likeness (QED) is 0.850. The molecule has 2 amide bonds. The van der Waals surface area contributed by atoms with Crippen LogP contribution < -0.4 is 0 Å². The van der Waals surface area contributed by atoms with E-state index in [1.165, 1.54) is 0 Å². The minimum Gasteiger partial charge on any atom is -0.464 e. The Bertz CT molecular complexity index is 753. The van der Waals surface area contributed by atoms with Gasteiger partial charge in [0.1, 0.15) is 5.76 Å². The number of furan rings is 1. The molecule has 0 atom stereocenters. The molecule has 5 nitrogen and oxygen atoms in total. The molecule has 2 aliphatic heterocycles. The van der Waals surface area contributed by atoms with E-state index in [1.54, 1.807) is 6.26 Å². The van der Waals surface area contributed by atoms with Gasteiger partial charge in [0.2, 0.25) is 5.91 Å². The van der Waals surface area contributed by atoms with Crippen LogP contribution in [0.25, 0.3) is 11.3 Å². The van der Waals surface area contributed by atoms with Crippen molar-refractivity contribution in [2.75, 3.05) is 26.2 Å². The standard InChI is InChI=1S/C21H24N2O3/c24-20(17-7-5-16(6-8-17)19-4-3-15-26-19)23-13-9-18(10-14-23)21(25)22-11-1-2-12-22/h3-8,15,18H,1-2,9-14H2. The van der Waals surface area contributed by atoms with Gasteiger partial charge < -0.3 is 14.2 Å². The lowest BCUT2D eigenvalue weighted by molar-refractivity contribution is -0.135. The number of piperidine rings is 1. The zero-order valence-electron chi connectivity index (χ0n) is 14.9. The van der Waals surface area contributed by atoms with Gasteiger partial charge in [-0.2, -0.15) is 0 Å². The second-order valence-corrected chi connectivity index (χ2v) is 7.15. The van der Waals surface area contributed by atoms with Crippen molar-refractivity contribution in [3.05, 3.63) is 48.2 Å². The first-order valence-electron chi connectivity index (χ1n) is 9.44. The Morgan fingerprint density at radius 3 is 2.19 bits per heavy atom. The van der Waals surface area contributed by atoms with Crippen LogP contribution in [0.15, 0.2) is 47.1 Å². The van der Waals surface area contributed by atoms with Crippen LogP contribution in [0.1, 0.15) is 36.0 Å². The summed E-state index contributed by atoms with van der Waals surface area (Å²) in [6, 6.07) is 11.3. The van der Waals surface area contributed by atoms with Crippen LogP contribution in [0.4, 0.5) is 0 Å². The number of benzene rings is 1. The van der Waals surface area contributed by atoms with Crippen LogP contribution in [-0.4, -0.2) is 47.8 Å². The van der Waals surface area contributed by atoms with E-state index in [-0.39, 0.29) is 17.7 Å². The summed E-state index contributed by atoms with van der Waals surface area (Å²) in [5, 5.41) is 0. The van der Waals surface area contributed by atoms with E-state index in [4.69, 9.17) is 4.42 Å². The third-order valence-electron chi connectivity index (χ3n) is 5.49. The summed E-state index contributed by atoms with van der Waals surface area (Å²) in [7, 11) is 0. The molecule has 0 N–H and O–H groups in total. The molecule has 0 spiro atoms. The lowest BCUT2D eigenvalue weighted by Gasteiger charge is -2.33. The molecule has 2 aliphatic rings. The molecule has 1 aromatic carbocycles. The maximum absolute atomic E-state index is 12.7. The van der Waals surface area contributed by atoms with E-state index >= 15 is 0 Å². The SMILES string of the molecule is O=C(c1ccc(-c2ccco2)cc1)N1CCC(C(=O)N2CCCC2)CC1. The van der Waals surface area contributed by atoms with Crippen LogP contribution in [0.2, 0.25) is 0 Å². The van der Waals surface area contributed by atoms with Crippen LogP contribution in [0, 0.1) is 5.92 Å². The van der Waals surface area contributed by atoms with Crippen molar-refractivity contribution in [1.82, 2.24) is 9.80 Å². The molecule has 4 rings (SSSR count). The molecule has 0 saturated carbocycles. The fourth-order valence-corrected chi connectivity index (χ4v) is 3.93. The van der Waals surface area contributed by atoms with Crippen LogP contribution >= 0.6 is 0 Å². The average Bonchev–Trinajstić information content (AvgIpc) is 3.41. The van der Waals surface area contributed by atoms with Gasteiger partial charge in [-0.15, -0.1) is 0 Å². The van der Waals surface area contributed by atoms with E-state index in [0.717, 1.165) is 50.1 Å². The Labute approximate surface area is 153 Å². The Balaban J connectivity index is 1.35. The molecular formula is C21H24N2O3. The van der Waals surface area contributed by atoms with Crippen molar-refractivity contribution < 1.29 is 14.0 Å². The summed E-state index contributed by atoms with van der Waals surface area (Å²) in [5.74, 6) is 1.21. The highest BCUT2D eigenvalue weighted by molar-refractivity contribution is 5.94. The minimum atomic E-state index is 0.0445. The molecule has 5 heteroatoms. The van der Waals surface area contributed by atoms with E-state index in [2.05, 4.69) is 0 Å². The Kier molecular flexibility index (Phi) is 4.78. The van der Waals surface area contributed by atoms with Gasteiger partial charge in [-0.25, -0.2) is 0 Å². The molecule has 0 bridgehead atoms. The first-order chi connectivity index (χ1) is 12.7.